The number of ether oxygens (including phenoxy) is 2. The second-order valence-electron chi connectivity index (χ2n) is 3.38. The van der Waals surface area contributed by atoms with Crippen LogP contribution in [0, 0.1) is 0 Å². The first-order valence-electron chi connectivity index (χ1n) is 5.07. The average molecular weight is 278 g/mol. The van der Waals surface area contributed by atoms with Crippen molar-refractivity contribution in [1.82, 2.24) is 0 Å². The van der Waals surface area contributed by atoms with Crippen LogP contribution in [-0.4, -0.2) is 25.2 Å². The molecule has 17 heavy (non-hydrogen) atoms. The molecule has 0 bridgehead atoms. The predicted octanol–water partition coefficient (Wildman–Crippen LogP) is 2.50. The van der Waals surface area contributed by atoms with E-state index in [1.54, 1.807) is 25.1 Å². The predicted molar refractivity (Wildman–Crippen MR) is 68.2 cm³/mol. The second-order valence-corrected chi connectivity index (χ2v) is 3.82. The Kier molecular flexibility index (Phi) is 4.90. The van der Waals surface area contributed by atoms with Gasteiger partial charge in [0, 0.05) is 5.02 Å². The molecule has 1 unspecified atom stereocenters. The quantitative estimate of drug-likeness (QED) is 0.844. The van der Waals surface area contributed by atoms with Gasteiger partial charge in [-0.2, -0.15) is 0 Å². The van der Waals surface area contributed by atoms with Gasteiger partial charge in [-0.1, -0.05) is 11.6 Å². The summed E-state index contributed by atoms with van der Waals surface area (Å²) in [6.45, 7) is 2.51. The number of carbonyl (C=O) groups is 1. The Bertz CT molecular complexity index is 412. The van der Waals surface area contributed by atoms with Gasteiger partial charge in [-0.3, -0.25) is 0 Å². The SMILES string of the molecule is CCOC(=O)C1CNc2cc(Cl)ccc2O1.Cl. The minimum Gasteiger partial charge on any atom is -0.475 e. The summed E-state index contributed by atoms with van der Waals surface area (Å²) in [6, 6.07) is 5.21. The standard InChI is InChI=1S/C11H12ClNO3.ClH/c1-2-15-11(14)10-6-13-8-5-7(12)3-4-9(8)16-10;/h3-5,10,13H,2,6H2,1H3;1H. The Labute approximate surface area is 111 Å². The molecule has 1 aliphatic heterocycles. The maximum atomic E-state index is 11.5. The van der Waals surface area contributed by atoms with Crippen molar-refractivity contribution in [2.75, 3.05) is 18.5 Å². The lowest BCUT2D eigenvalue weighted by molar-refractivity contribution is -0.150. The molecule has 1 aromatic rings. The van der Waals surface area contributed by atoms with Gasteiger partial charge in [-0.15, -0.1) is 12.4 Å². The van der Waals surface area contributed by atoms with E-state index in [4.69, 9.17) is 21.1 Å². The fraction of sp³-hybridized carbons (Fsp3) is 0.364. The van der Waals surface area contributed by atoms with E-state index in [0.717, 1.165) is 5.69 Å². The van der Waals surface area contributed by atoms with Gasteiger partial charge in [0.1, 0.15) is 5.75 Å². The summed E-state index contributed by atoms with van der Waals surface area (Å²) in [7, 11) is 0. The molecule has 1 heterocycles. The van der Waals surface area contributed by atoms with E-state index in [2.05, 4.69) is 5.32 Å². The topological polar surface area (TPSA) is 47.6 Å². The largest absolute Gasteiger partial charge is 0.475 e. The van der Waals surface area contributed by atoms with Gasteiger partial charge in [0.2, 0.25) is 6.10 Å². The Morgan fingerprint density at radius 2 is 2.41 bits per heavy atom. The van der Waals surface area contributed by atoms with Crippen molar-refractivity contribution in [3.8, 4) is 5.75 Å². The van der Waals surface area contributed by atoms with Crippen molar-refractivity contribution in [3.63, 3.8) is 0 Å². The maximum Gasteiger partial charge on any atom is 0.349 e. The third kappa shape index (κ3) is 3.17. The maximum absolute atomic E-state index is 11.5. The molecular weight excluding hydrogens is 265 g/mol. The van der Waals surface area contributed by atoms with Crippen LogP contribution in [0.3, 0.4) is 0 Å². The molecule has 4 nitrogen and oxygen atoms in total. The molecule has 0 radical (unpaired) electrons. The van der Waals surface area contributed by atoms with Crippen LogP contribution in [0.2, 0.25) is 5.02 Å². The van der Waals surface area contributed by atoms with Crippen LogP contribution < -0.4 is 10.1 Å². The van der Waals surface area contributed by atoms with Gasteiger partial charge in [0.15, 0.2) is 0 Å². The van der Waals surface area contributed by atoms with E-state index in [0.29, 0.717) is 23.9 Å². The van der Waals surface area contributed by atoms with Gasteiger partial charge in [0.25, 0.3) is 0 Å². The van der Waals surface area contributed by atoms with Crippen LogP contribution in [0.5, 0.6) is 5.75 Å². The monoisotopic (exact) mass is 277 g/mol. The molecule has 6 heteroatoms. The summed E-state index contributed by atoms with van der Waals surface area (Å²) in [5, 5.41) is 3.71. The highest BCUT2D eigenvalue weighted by Crippen LogP contribution is 2.31. The molecule has 1 aliphatic rings. The minimum absolute atomic E-state index is 0. The fourth-order valence-corrected chi connectivity index (χ4v) is 1.68. The third-order valence-corrected chi connectivity index (χ3v) is 2.47. The molecule has 1 N–H and O–H groups in total. The molecule has 94 valence electrons. The number of halogens is 2. The highest BCUT2D eigenvalue weighted by atomic mass is 35.5. The molecule has 0 aliphatic carbocycles. The lowest BCUT2D eigenvalue weighted by atomic mass is 10.2. The summed E-state index contributed by atoms with van der Waals surface area (Å²) in [6.07, 6.45) is -0.589. The first-order valence-corrected chi connectivity index (χ1v) is 5.45. The number of esters is 1. The summed E-state index contributed by atoms with van der Waals surface area (Å²) < 4.78 is 10.4. The molecule has 0 amide bonds. The van der Waals surface area contributed by atoms with Crippen molar-refractivity contribution in [2.45, 2.75) is 13.0 Å². The Balaban J connectivity index is 0.00000144. The van der Waals surface area contributed by atoms with Gasteiger partial charge >= 0.3 is 5.97 Å². The number of hydrogen-bond donors (Lipinski definition) is 1. The molecule has 2 rings (SSSR count). The zero-order valence-corrected chi connectivity index (χ0v) is 10.8. The summed E-state index contributed by atoms with van der Waals surface area (Å²) >= 11 is 5.84. The van der Waals surface area contributed by atoms with Crippen LogP contribution in [0.1, 0.15) is 6.92 Å². The highest BCUT2D eigenvalue weighted by Gasteiger charge is 2.26. The van der Waals surface area contributed by atoms with Gasteiger partial charge in [-0.05, 0) is 25.1 Å². The summed E-state index contributed by atoms with van der Waals surface area (Å²) in [5.74, 6) is 0.268. The van der Waals surface area contributed by atoms with Crippen molar-refractivity contribution < 1.29 is 14.3 Å². The number of rotatable bonds is 2. The number of hydrogen-bond acceptors (Lipinski definition) is 4. The molecule has 1 aromatic carbocycles. The normalized spacial score (nSPS) is 16.9. The molecule has 0 aromatic heterocycles. The Hall–Kier alpha value is -1.13. The molecule has 0 fully saturated rings. The van der Waals surface area contributed by atoms with E-state index in [-0.39, 0.29) is 18.4 Å². The first-order chi connectivity index (χ1) is 7.70. The lowest BCUT2D eigenvalue weighted by Crippen LogP contribution is -2.38. The van der Waals surface area contributed by atoms with Gasteiger partial charge < -0.3 is 14.8 Å². The molecule has 0 saturated carbocycles. The lowest BCUT2D eigenvalue weighted by Gasteiger charge is -2.25. The number of nitrogens with one attached hydrogen (secondary N) is 1. The van der Waals surface area contributed by atoms with Crippen LogP contribution >= 0.6 is 24.0 Å². The smallest absolute Gasteiger partial charge is 0.349 e. The highest BCUT2D eigenvalue weighted by molar-refractivity contribution is 6.30. The second kappa shape index (κ2) is 5.98. The first kappa shape index (κ1) is 13.9. The minimum atomic E-state index is -0.589. The average Bonchev–Trinajstić information content (AvgIpc) is 2.28. The van der Waals surface area contributed by atoms with Crippen molar-refractivity contribution in [2.24, 2.45) is 0 Å². The van der Waals surface area contributed by atoms with E-state index in [9.17, 15) is 4.79 Å². The van der Waals surface area contributed by atoms with Crippen molar-refractivity contribution in [1.29, 1.82) is 0 Å². The molecular formula is C11H13Cl2NO3. The third-order valence-electron chi connectivity index (χ3n) is 2.24. The summed E-state index contributed by atoms with van der Waals surface area (Å²) in [5.41, 5.74) is 0.799. The van der Waals surface area contributed by atoms with Crippen LogP contribution in [0.25, 0.3) is 0 Å². The van der Waals surface area contributed by atoms with Crippen LogP contribution in [0.4, 0.5) is 5.69 Å². The van der Waals surface area contributed by atoms with Crippen molar-refractivity contribution in [3.05, 3.63) is 23.2 Å². The van der Waals surface area contributed by atoms with E-state index >= 15 is 0 Å². The molecule has 1 atom stereocenters. The van der Waals surface area contributed by atoms with E-state index in [1.165, 1.54) is 0 Å². The van der Waals surface area contributed by atoms with E-state index < -0.39 is 6.10 Å². The Morgan fingerprint density at radius 3 is 3.12 bits per heavy atom. The summed E-state index contributed by atoms with van der Waals surface area (Å²) in [4.78, 5) is 11.5. The molecule has 0 saturated heterocycles. The van der Waals surface area contributed by atoms with Gasteiger partial charge in [0.05, 0.1) is 18.8 Å². The Morgan fingerprint density at radius 1 is 1.65 bits per heavy atom. The number of fused-ring (bicyclic) bond motifs is 1. The van der Waals surface area contributed by atoms with Crippen LogP contribution in [-0.2, 0) is 9.53 Å². The van der Waals surface area contributed by atoms with Crippen LogP contribution in [0.15, 0.2) is 18.2 Å². The fourth-order valence-electron chi connectivity index (χ4n) is 1.51. The van der Waals surface area contributed by atoms with E-state index in [1.807, 2.05) is 0 Å². The zero-order chi connectivity index (χ0) is 11.5. The molecule has 0 spiro atoms. The van der Waals surface area contributed by atoms with Crippen molar-refractivity contribution >= 4 is 35.7 Å². The number of benzene rings is 1. The number of carbonyl (C=O) groups excluding carboxylic acids is 1. The van der Waals surface area contributed by atoms with Gasteiger partial charge in [-0.25, -0.2) is 4.79 Å². The number of anilines is 1. The zero-order valence-electron chi connectivity index (χ0n) is 9.23.